The van der Waals surface area contributed by atoms with Gasteiger partial charge in [0.2, 0.25) is 0 Å². The van der Waals surface area contributed by atoms with Crippen LogP contribution in [0, 0.1) is 0 Å². The summed E-state index contributed by atoms with van der Waals surface area (Å²) >= 11 is 6.34. The van der Waals surface area contributed by atoms with E-state index in [4.69, 9.17) is 11.6 Å². The molecule has 2 aliphatic carbocycles. The Bertz CT molecular complexity index is 2160. The van der Waals surface area contributed by atoms with Gasteiger partial charge < -0.3 is 0 Å². The lowest BCUT2D eigenvalue weighted by Crippen LogP contribution is -2.25. The summed E-state index contributed by atoms with van der Waals surface area (Å²) in [6.45, 7) is 0. The monoisotopic (exact) mass is 552 g/mol. The Balaban J connectivity index is 1.42. The smallest absolute Gasteiger partial charge is 0.0725 e. The van der Waals surface area contributed by atoms with Crippen molar-refractivity contribution in [1.29, 1.82) is 0 Å². The number of hydrogen-bond acceptors (Lipinski definition) is 0. The topological polar surface area (TPSA) is 0 Å². The molecule has 2 aliphatic rings. The van der Waals surface area contributed by atoms with Crippen LogP contribution in [0.25, 0.3) is 55.3 Å². The average molecular weight is 553 g/mol. The van der Waals surface area contributed by atoms with Gasteiger partial charge in [-0.15, -0.1) is 0 Å². The standard InChI is InChI=1S/C41H25Cl/c42-29-22-20-26(21-23-29)34-24-27-10-1-2-11-28(27)25-35(34)32-15-9-19-39-40(32)33-14-5-8-18-38(33)41(39)36-16-6-3-12-30(36)31-13-4-7-17-37(31)41/h1-25H. The molecule has 9 rings (SSSR count). The number of fused-ring (bicyclic) bond motifs is 11. The highest BCUT2D eigenvalue weighted by Gasteiger charge is 2.51. The van der Waals surface area contributed by atoms with E-state index in [0.717, 1.165) is 10.6 Å². The summed E-state index contributed by atoms with van der Waals surface area (Å²) in [5, 5.41) is 3.21. The van der Waals surface area contributed by atoms with Gasteiger partial charge in [-0.1, -0.05) is 139 Å². The molecule has 0 unspecified atom stereocenters. The Kier molecular flexibility index (Phi) is 4.97. The van der Waals surface area contributed by atoms with Crippen LogP contribution in [0.15, 0.2) is 152 Å². The minimum atomic E-state index is -0.355. The number of benzene rings is 7. The fourth-order valence-electron chi connectivity index (χ4n) is 7.70. The maximum Gasteiger partial charge on any atom is 0.0725 e. The van der Waals surface area contributed by atoms with Crippen molar-refractivity contribution in [2.24, 2.45) is 0 Å². The molecule has 7 aromatic carbocycles. The highest BCUT2D eigenvalue weighted by Crippen LogP contribution is 2.64. The van der Waals surface area contributed by atoms with E-state index in [9.17, 15) is 0 Å². The average Bonchev–Trinajstić information content (AvgIpc) is 3.52. The first kappa shape index (κ1) is 23.8. The van der Waals surface area contributed by atoms with Gasteiger partial charge in [0.25, 0.3) is 0 Å². The third-order valence-electron chi connectivity index (χ3n) is 9.35. The van der Waals surface area contributed by atoms with Gasteiger partial charge >= 0.3 is 0 Å². The van der Waals surface area contributed by atoms with Crippen LogP contribution in [0.5, 0.6) is 0 Å². The van der Waals surface area contributed by atoms with E-state index in [-0.39, 0.29) is 5.41 Å². The molecule has 0 N–H and O–H groups in total. The first-order valence-corrected chi connectivity index (χ1v) is 14.8. The number of halogens is 1. The molecule has 1 heteroatoms. The van der Waals surface area contributed by atoms with Crippen molar-refractivity contribution in [3.8, 4) is 44.5 Å². The van der Waals surface area contributed by atoms with Gasteiger partial charge in [0.05, 0.1) is 5.41 Å². The van der Waals surface area contributed by atoms with E-state index in [0.29, 0.717) is 0 Å². The molecule has 0 amide bonds. The van der Waals surface area contributed by atoms with Crippen molar-refractivity contribution in [2.45, 2.75) is 5.41 Å². The second-order valence-electron chi connectivity index (χ2n) is 11.4. The third kappa shape index (κ3) is 3.08. The Morgan fingerprint density at radius 1 is 0.357 bits per heavy atom. The van der Waals surface area contributed by atoms with E-state index >= 15 is 0 Å². The molecule has 0 heterocycles. The van der Waals surface area contributed by atoms with Gasteiger partial charge in [-0.05, 0) is 102 Å². The fraction of sp³-hybridized carbons (Fsp3) is 0.0244. The van der Waals surface area contributed by atoms with Crippen molar-refractivity contribution >= 4 is 22.4 Å². The SMILES string of the molecule is Clc1ccc(-c2cc3ccccc3cc2-c2cccc3c2-c2ccccc2C32c3ccccc3-c3ccccc32)cc1. The van der Waals surface area contributed by atoms with E-state index in [2.05, 4.69) is 140 Å². The largest absolute Gasteiger partial charge is 0.0843 e. The quantitative estimate of drug-likeness (QED) is 0.200. The van der Waals surface area contributed by atoms with Gasteiger partial charge in [-0.25, -0.2) is 0 Å². The summed E-state index contributed by atoms with van der Waals surface area (Å²) in [6.07, 6.45) is 0. The van der Waals surface area contributed by atoms with Crippen LogP contribution >= 0.6 is 11.6 Å². The van der Waals surface area contributed by atoms with E-state index in [1.165, 1.54) is 72.0 Å². The molecule has 0 bridgehead atoms. The van der Waals surface area contributed by atoms with E-state index < -0.39 is 0 Å². The maximum atomic E-state index is 6.34. The molecule has 7 aromatic rings. The van der Waals surface area contributed by atoms with E-state index in [1.54, 1.807) is 0 Å². The molecule has 0 saturated carbocycles. The fourth-order valence-corrected chi connectivity index (χ4v) is 7.83. The van der Waals surface area contributed by atoms with Gasteiger partial charge in [0.1, 0.15) is 0 Å². The predicted octanol–water partition coefficient (Wildman–Crippen LogP) is 11.2. The zero-order valence-corrected chi connectivity index (χ0v) is 23.6. The van der Waals surface area contributed by atoms with Gasteiger partial charge in [0.15, 0.2) is 0 Å². The molecule has 0 nitrogen and oxygen atoms in total. The van der Waals surface area contributed by atoms with E-state index in [1.807, 2.05) is 12.1 Å². The lowest BCUT2D eigenvalue weighted by molar-refractivity contribution is 0.794. The lowest BCUT2D eigenvalue weighted by Gasteiger charge is -2.30. The van der Waals surface area contributed by atoms with Gasteiger partial charge in [-0.3, -0.25) is 0 Å². The van der Waals surface area contributed by atoms with Crippen LogP contribution in [0.3, 0.4) is 0 Å². The van der Waals surface area contributed by atoms with Crippen LogP contribution in [-0.2, 0) is 5.41 Å². The molecule has 0 radical (unpaired) electrons. The van der Waals surface area contributed by atoms with Crippen molar-refractivity contribution < 1.29 is 0 Å². The molecule has 196 valence electrons. The molecule has 0 atom stereocenters. The summed E-state index contributed by atoms with van der Waals surface area (Å²) in [5.41, 5.74) is 15.3. The predicted molar refractivity (Wildman–Crippen MR) is 176 cm³/mol. The lowest BCUT2D eigenvalue weighted by atomic mass is 9.70. The first-order valence-electron chi connectivity index (χ1n) is 14.5. The summed E-state index contributed by atoms with van der Waals surface area (Å²) in [4.78, 5) is 0. The minimum Gasteiger partial charge on any atom is -0.0843 e. The Morgan fingerprint density at radius 3 is 1.48 bits per heavy atom. The highest BCUT2D eigenvalue weighted by atomic mass is 35.5. The Hall–Kier alpha value is -4.91. The second-order valence-corrected chi connectivity index (χ2v) is 11.8. The molecule has 42 heavy (non-hydrogen) atoms. The molecular weight excluding hydrogens is 528 g/mol. The summed E-state index contributed by atoms with van der Waals surface area (Å²) in [7, 11) is 0. The zero-order chi connectivity index (χ0) is 27.8. The van der Waals surface area contributed by atoms with Crippen molar-refractivity contribution in [2.75, 3.05) is 0 Å². The normalized spacial score (nSPS) is 13.5. The zero-order valence-electron chi connectivity index (χ0n) is 22.8. The van der Waals surface area contributed by atoms with Crippen molar-refractivity contribution in [3.05, 3.63) is 179 Å². The summed E-state index contributed by atoms with van der Waals surface area (Å²) in [5.74, 6) is 0. The molecule has 0 saturated heterocycles. The van der Waals surface area contributed by atoms with Gasteiger partial charge in [-0.2, -0.15) is 0 Å². The molecule has 0 fully saturated rings. The summed E-state index contributed by atoms with van der Waals surface area (Å²) < 4.78 is 0. The van der Waals surface area contributed by atoms with Crippen LogP contribution in [0.4, 0.5) is 0 Å². The van der Waals surface area contributed by atoms with Crippen molar-refractivity contribution in [1.82, 2.24) is 0 Å². The highest BCUT2D eigenvalue weighted by molar-refractivity contribution is 6.30. The molecule has 0 aliphatic heterocycles. The number of hydrogen-bond donors (Lipinski definition) is 0. The van der Waals surface area contributed by atoms with Gasteiger partial charge in [0, 0.05) is 5.02 Å². The number of rotatable bonds is 2. The minimum absolute atomic E-state index is 0.355. The third-order valence-corrected chi connectivity index (χ3v) is 9.60. The van der Waals surface area contributed by atoms with Crippen LogP contribution in [0.1, 0.15) is 22.3 Å². The van der Waals surface area contributed by atoms with Crippen molar-refractivity contribution in [3.63, 3.8) is 0 Å². The van der Waals surface area contributed by atoms with Crippen LogP contribution in [0.2, 0.25) is 5.02 Å². The van der Waals surface area contributed by atoms with Crippen LogP contribution in [-0.4, -0.2) is 0 Å². The second kappa shape index (κ2) is 8.79. The molecular formula is C41H25Cl. The first-order chi connectivity index (χ1) is 20.7. The Morgan fingerprint density at radius 2 is 0.833 bits per heavy atom. The maximum absolute atomic E-state index is 6.34. The molecule has 1 spiro atoms. The molecule has 0 aromatic heterocycles. The van der Waals surface area contributed by atoms with Crippen LogP contribution < -0.4 is 0 Å². The summed E-state index contributed by atoms with van der Waals surface area (Å²) in [6, 6.07) is 55.6. The Labute approximate surface area is 250 Å².